The number of halogens is 1. The van der Waals surface area contributed by atoms with E-state index in [-0.39, 0.29) is 6.04 Å². The second kappa shape index (κ2) is 4.96. The van der Waals surface area contributed by atoms with Gasteiger partial charge in [-0.15, -0.1) is 0 Å². The van der Waals surface area contributed by atoms with Crippen molar-refractivity contribution in [1.82, 2.24) is 9.97 Å². The highest BCUT2D eigenvalue weighted by molar-refractivity contribution is 6.32. The van der Waals surface area contributed by atoms with Crippen LogP contribution in [0.3, 0.4) is 0 Å². The summed E-state index contributed by atoms with van der Waals surface area (Å²) in [7, 11) is 0. The van der Waals surface area contributed by atoms with Crippen LogP contribution in [0.15, 0.2) is 12.5 Å². The second-order valence-electron chi connectivity index (χ2n) is 2.53. The SMILES string of the molecule is NCC(CN)Nc1ncncc1Cl. The first-order chi connectivity index (χ1) is 6.27. The fourth-order valence-corrected chi connectivity index (χ4v) is 0.986. The minimum Gasteiger partial charge on any atom is -0.363 e. The Bertz CT molecular complexity index is 263. The van der Waals surface area contributed by atoms with Gasteiger partial charge in [0.15, 0.2) is 0 Å². The zero-order valence-corrected chi connectivity index (χ0v) is 7.83. The molecule has 5 N–H and O–H groups in total. The zero-order chi connectivity index (χ0) is 9.68. The molecule has 0 aliphatic rings. The second-order valence-corrected chi connectivity index (χ2v) is 2.94. The van der Waals surface area contributed by atoms with E-state index in [9.17, 15) is 0 Å². The van der Waals surface area contributed by atoms with Crippen LogP contribution in [0.2, 0.25) is 5.02 Å². The molecule has 0 radical (unpaired) electrons. The van der Waals surface area contributed by atoms with Crippen LogP contribution in [0.25, 0.3) is 0 Å². The van der Waals surface area contributed by atoms with Gasteiger partial charge in [-0.25, -0.2) is 9.97 Å². The molecule has 72 valence electrons. The van der Waals surface area contributed by atoms with Crippen molar-refractivity contribution in [3.63, 3.8) is 0 Å². The van der Waals surface area contributed by atoms with Gasteiger partial charge >= 0.3 is 0 Å². The van der Waals surface area contributed by atoms with Crippen LogP contribution < -0.4 is 16.8 Å². The van der Waals surface area contributed by atoms with E-state index >= 15 is 0 Å². The van der Waals surface area contributed by atoms with E-state index in [0.717, 1.165) is 0 Å². The Morgan fingerprint density at radius 3 is 2.69 bits per heavy atom. The predicted octanol–water partition coefficient (Wildman–Crippen LogP) is -0.172. The Hall–Kier alpha value is -0.910. The summed E-state index contributed by atoms with van der Waals surface area (Å²) >= 11 is 5.81. The summed E-state index contributed by atoms with van der Waals surface area (Å²) in [4.78, 5) is 7.71. The molecule has 1 aromatic rings. The molecule has 0 bridgehead atoms. The zero-order valence-electron chi connectivity index (χ0n) is 7.07. The molecule has 0 saturated heterocycles. The lowest BCUT2D eigenvalue weighted by Crippen LogP contribution is -2.36. The van der Waals surface area contributed by atoms with Gasteiger partial charge in [0, 0.05) is 13.1 Å². The molecule has 0 saturated carbocycles. The molecule has 0 aliphatic carbocycles. The minimum atomic E-state index is -0.00704. The standard InChI is InChI=1S/C7H12ClN5/c8-6-3-11-4-12-7(6)13-5(1-9)2-10/h3-5H,1-2,9-10H2,(H,11,12,13). The molecular weight excluding hydrogens is 190 g/mol. The average molecular weight is 202 g/mol. The highest BCUT2D eigenvalue weighted by Gasteiger charge is 2.06. The van der Waals surface area contributed by atoms with E-state index in [1.807, 2.05) is 0 Å². The van der Waals surface area contributed by atoms with Crippen LogP contribution >= 0.6 is 11.6 Å². The molecule has 6 heteroatoms. The van der Waals surface area contributed by atoms with Crippen LogP contribution in [0.4, 0.5) is 5.82 Å². The average Bonchev–Trinajstić information content (AvgIpc) is 2.17. The van der Waals surface area contributed by atoms with Gasteiger partial charge in [0.25, 0.3) is 0 Å². The third-order valence-electron chi connectivity index (χ3n) is 1.58. The van der Waals surface area contributed by atoms with Gasteiger partial charge in [-0.05, 0) is 0 Å². The minimum absolute atomic E-state index is 0.00704. The van der Waals surface area contributed by atoms with Gasteiger partial charge in [0.05, 0.1) is 12.2 Å². The first-order valence-electron chi connectivity index (χ1n) is 3.90. The van der Waals surface area contributed by atoms with Crippen LogP contribution in [-0.4, -0.2) is 29.1 Å². The Balaban J connectivity index is 2.67. The van der Waals surface area contributed by atoms with Crippen molar-refractivity contribution < 1.29 is 0 Å². The van der Waals surface area contributed by atoms with E-state index in [1.165, 1.54) is 12.5 Å². The van der Waals surface area contributed by atoms with E-state index in [4.69, 9.17) is 23.1 Å². The van der Waals surface area contributed by atoms with Crippen LogP contribution in [-0.2, 0) is 0 Å². The normalized spacial score (nSPS) is 10.5. The van der Waals surface area contributed by atoms with Crippen LogP contribution in [0, 0.1) is 0 Å². The van der Waals surface area contributed by atoms with Crippen molar-refractivity contribution in [3.05, 3.63) is 17.5 Å². The monoisotopic (exact) mass is 201 g/mol. The van der Waals surface area contributed by atoms with E-state index < -0.39 is 0 Å². The number of nitrogens with one attached hydrogen (secondary N) is 1. The molecular formula is C7H12ClN5. The largest absolute Gasteiger partial charge is 0.363 e. The van der Waals surface area contributed by atoms with Gasteiger partial charge in [0.2, 0.25) is 0 Å². The maximum absolute atomic E-state index is 5.81. The number of hydrogen-bond donors (Lipinski definition) is 3. The molecule has 13 heavy (non-hydrogen) atoms. The molecule has 0 spiro atoms. The topological polar surface area (TPSA) is 89.8 Å². The lowest BCUT2D eigenvalue weighted by atomic mass is 10.3. The summed E-state index contributed by atoms with van der Waals surface area (Å²) in [5.41, 5.74) is 10.9. The molecule has 1 heterocycles. The molecule has 0 unspecified atom stereocenters. The summed E-state index contributed by atoms with van der Waals surface area (Å²) in [5.74, 6) is 0.567. The fourth-order valence-electron chi connectivity index (χ4n) is 0.826. The molecule has 0 aliphatic heterocycles. The molecule has 0 fully saturated rings. The third-order valence-corrected chi connectivity index (χ3v) is 1.85. The predicted molar refractivity (Wildman–Crippen MR) is 52.6 cm³/mol. The molecule has 0 amide bonds. The number of hydrogen-bond acceptors (Lipinski definition) is 5. The van der Waals surface area contributed by atoms with Crippen molar-refractivity contribution in [2.45, 2.75) is 6.04 Å². The van der Waals surface area contributed by atoms with Crippen LogP contribution in [0.5, 0.6) is 0 Å². The number of nitrogens with two attached hydrogens (primary N) is 2. The smallest absolute Gasteiger partial charge is 0.148 e. The third kappa shape index (κ3) is 2.80. The highest BCUT2D eigenvalue weighted by Crippen LogP contribution is 2.16. The Morgan fingerprint density at radius 2 is 2.15 bits per heavy atom. The Morgan fingerprint density at radius 1 is 1.46 bits per heavy atom. The molecule has 0 atom stereocenters. The summed E-state index contributed by atoms with van der Waals surface area (Å²) in [6, 6.07) is -0.00704. The Kier molecular flexibility index (Phi) is 3.88. The lowest BCUT2D eigenvalue weighted by Gasteiger charge is -2.15. The van der Waals surface area contributed by atoms with Crippen molar-refractivity contribution in [3.8, 4) is 0 Å². The van der Waals surface area contributed by atoms with Crippen molar-refractivity contribution in [2.24, 2.45) is 11.5 Å². The van der Waals surface area contributed by atoms with E-state index in [2.05, 4.69) is 15.3 Å². The van der Waals surface area contributed by atoms with Gasteiger partial charge in [0.1, 0.15) is 17.2 Å². The van der Waals surface area contributed by atoms with Crippen molar-refractivity contribution in [2.75, 3.05) is 18.4 Å². The number of aromatic nitrogens is 2. The number of nitrogens with zero attached hydrogens (tertiary/aromatic N) is 2. The quantitative estimate of drug-likeness (QED) is 0.629. The maximum atomic E-state index is 5.81. The van der Waals surface area contributed by atoms with Crippen molar-refractivity contribution >= 4 is 17.4 Å². The van der Waals surface area contributed by atoms with Gasteiger partial charge < -0.3 is 16.8 Å². The van der Waals surface area contributed by atoms with Crippen molar-refractivity contribution in [1.29, 1.82) is 0 Å². The van der Waals surface area contributed by atoms with Crippen LogP contribution in [0.1, 0.15) is 0 Å². The molecule has 5 nitrogen and oxygen atoms in total. The first-order valence-corrected chi connectivity index (χ1v) is 4.28. The van der Waals surface area contributed by atoms with E-state index in [1.54, 1.807) is 0 Å². The summed E-state index contributed by atoms with van der Waals surface area (Å²) in [6.07, 6.45) is 2.93. The van der Waals surface area contributed by atoms with Gasteiger partial charge in [-0.1, -0.05) is 11.6 Å². The lowest BCUT2D eigenvalue weighted by molar-refractivity contribution is 0.732. The number of anilines is 1. The van der Waals surface area contributed by atoms with Gasteiger partial charge in [-0.2, -0.15) is 0 Å². The fraction of sp³-hybridized carbons (Fsp3) is 0.429. The first kappa shape index (κ1) is 10.2. The molecule has 1 rings (SSSR count). The highest BCUT2D eigenvalue weighted by atomic mass is 35.5. The summed E-state index contributed by atoms with van der Waals surface area (Å²) in [6.45, 7) is 0.883. The molecule has 0 aromatic carbocycles. The summed E-state index contributed by atoms with van der Waals surface area (Å²) < 4.78 is 0. The van der Waals surface area contributed by atoms with Gasteiger partial charge in [-0.3, -0.25) is 0 Å². The van der Waals surface area contributed by atoms with E-state index in [0.29, 0.717) is 23.9 Å². The Labute approximate surface area is 81.5 Å². The maximum Gasteiger partial charge on any atom is 0.148 e. The molecule has 1 aromatic heterocycles. The summed E-state index contributed by atoms with van der Waals surface area (Å²) in [5, 5.41) is 3.48. The number of rotatable bonds is 4.